The van der Waals surface area contributed by atoms with E-state index in [-0.39, 0.29) is 12.4 Å². The molecule has 2 aromatic rings. The second-order valence-corrected chi connectivity index (χ2v) is 4.51. The Kier molecular flexibility index (Phi) is 4.60. The third-order valence-electron chi connectivity index (χ3n) is 2.89. The largest absolute Gasteiger partial charge is 0.392 e. The van der Waals surface area contributed by atoms with Crippen molar-refractivity contribution in [2.24, 2.45) is 0 Å². The van der Waals surface area contributed by atoms with Crippen LogP contribution in [0, 0.1) is 12.7 Å². The lowest BCUT2D eigenvalue weighted by Gasteiger charge is -2.07. The summed E-state index contributed by atoms with van der Waals surface area (Å²) in [5.74, 6) is -0.369. The summed E-state index contributed by atoms with van der Waals surface area (Å²) in [6, 6.07) is 8.76. The Hall–Kier alpha value is -1.78. The number of pyridine rings is 1. The molecule has 1 heterocycles. The van der Waals surface area contributed by atoms with E-state index < -0.39 is 0 Å². The molecule has 0 amide bonds. The summed E-state index contributed by atoms with van der Waals surface area (Å²) >= 11 is 0. The van der Waals surface area contributed by atoms with Gasteiger partial charge in [-0.1, -0.05) is 12.1 Å². The van der Waals surface area contributed by atoms with Crippen molar-refractivity contribution in [1.29, 1.82) is 0 Å². The lowest BCUT2D eigenvalue weighted by molar-refractivity contribution is 0.275. The topological polar surface area (TPSA) is 45.1 Å². The average molecular weight is 260 g/mol. The monoisotopic (exact) mass is 260 g/mol. The van der Waals surface area contributed by atoms with Crippen molar-refractivity contribution in [2.45, 2.75) is 26.6 Å². The molecule has 0 unspecified atom stereocenters. The highest BCUT2D eigenvalue weighted by atomic mass is 19.1. The van der Waals surface area contributed by atoms with Crippen LogP contribution in [0.2, 0.25) is 0 Å². The molecule has 0 aliphatic carbocycles. The summed E-state index contributed by atoms with van der Waals surface area (Å²) in [6.07, 6.45) is 1.83. The quantitative estimate of drug-likeness (QED) is 0.867. The molecule has 3 nitrogen and oxygen atoms in total. The first-order chi connectivity index (χ1) is 9.19. The molecule has 2 rings (SSSR count). The maximum atomic E-state index is 13.2. The normalized spacial score (nSPS) is 10.7. The predicted octanol–water partition coefficient (Wildman–Crippen LogP) is 2.31. The van der Waals surface area contributed by atoms with Gasteiger partial charge in [-0.25, -0.2) is 4.39 Å². The number of aryl methyl sites for hydroxylation is 1. The number of halogens is 1. The number of rotatable bonds is 5. The van der Waals surface area contributed by atoms with Crippen LogP contribution < -0.4 is 5.32 Å². The van der Waals surface area contributed by atoms with E-state index in [1.54, 1.807) is 12.1 Å². The predicted molar refractivity (Wildman–Crippen MR) is 71.8 cm³/mol. The Labute approximate surface area is 112 Å². The zero-order chi connectivity index (χ0) is 13.7. The number of aliphatic hydroxyl groups excluding tert-OH is 1. The van der Waals surface area contributed by atoms with Crippen molar-refractivity contribution >= 4 is 0 Å². The minimum Gasteiger partial charge on any atom is -0.392 e. The van der Waals surface area contributed by atoms with Gasteiger partial charge in [-0.15, -0.1) is 0 Å². The molecular weight excluding hydrogens is 243 g/mol. The SMILES string of the molecule is Cc1ccc(CNCc2ccc(F)c(CO)c2)nc1. The van der Waals surface area contributed by atoms with Crippen molar-refractivity contribution in [2.75, 3.05) is 0 Å². The molecular formula is C15H17FN2O. The molecule has 100 valence electrons. The van der Waals surface area contributed by atoms with Gasteiger partial charge in [0.15, 0.2) is 0 Å². The summed E-state index contributed by atoms with van der Waals surface area (Å²) in [4.78, 5) is 4.29. The Balaban J connectivity index is 1.90. The average Bonchev–Trinajstić information content (AvgIpc) is 2.43. The van der Waals surface area contributed by atoms with Crippen LogP contribution in [-0.2, 0) is 19.7 Å². The molecule has 0 saturated heterocycles. The van der Waals surface area contributed by atoms with Crippen LogP contribution >= 0.6 is 0 Å². The minimum atomic E-state index is -0.369. The number of hydrogen-bond donors (Lipinski definition) is 2. The van der Waals surface area contributed by atoms with Gasteiger partial charge in [0.05, 0.1) is 12.3 Å². The highest BCUT2D eigenvalue weighted by Gasteiger charge is 2.02. The maximum absolute atomic E-state index is 13.2. The molecule has 4 heteroatoms. The zero-order valence-corrected chi connectivity index (χ0v) is 10.9. The van der Waals surface area contributed by atoms with Crippen LogP contribution in [0.4, 0.5) is 4.39 Å². The molecule has 1 aromatic carbocycles. The lowest BCUT2D eigenvalue weighted by atomic mass is 10.1. The summed E-state index contributed by atoms with van der Waals surface area (Å²) in [6.45, 7) is 2.99. The Morgan fingerprint density at radius 1 is 1.21 bits per heavy atom. The van der Waals surface area contributed by atoms with Crippen molar-refractivity contribution in [3.63, 3.8) is 0 Å². The number of nitrogens with one attached hydrogen (secondary N) is 1. The highest BCUT2D eigenvalue weighted by Crippen LogP contribution is 2.10. The van der Waals surface area contributed by atoms with Crippen molar-refractivity contribution in [3.05, 3.63) is 64.7 Å². The molecule has 0 saturated carbocycles. The number of nitrogens with zero attached hydrogens (tertiary/aromatic N) is 1. The summed E-state index contributed by atoms with van der Waals surface area (Å²) in [5.41, 5.74) is 3.37. The minimum absolute atomic E-state index is 0.279. The van der Waals surface area contributed by atoms with Crippen LogP contribution in [0.15, 0.2) is 36.5 Å². The van der Waals surface area contributed by atoms with E-state index in [1.165, 1.54) is 6.07 Å². The van der Waals surface area contributed by atoms with E-state index in [0.717, 1.165) is 16.8 Å². The van der Waals surface area contributed by atoms with Gasteiger partial charge in [0.1, 0.15) is 5.82 Å². The van der Waals surface area contributed by atoms with Gasteiger partial charge in [-0.05, 0) is 36.2 Å². The van der Waals surface area contributed by atoms with Crippen LogP contribution in [0.3, 0.4) is 0 Å². The fourth-order valence-electron chi connectivity index (χ4n) is 1.80. The lowest BCUT2D eigenvalue weighted by Crippen LogP contribution is -2.14. The van der Waals surface area contributed by atoms with E-state index in [4.69, 9.17) is 5.11 Å². The van der Waals surface area contributed by atoms with Crippen molar-refractivity contribution < 1.29 is 9.50 Å². The highest BCUT2D eigenvalue weighted by molar-refractivity contribution is 5.24. The molecule has 0 aliphatic heterocycles. The molecule has 0 fully saturated rings. The number of aliphatic hydroxyl groups is 1. The van der Waals surface area contributed by atoms with Crippen LogP contribution in [0.5, 0.6) is 0 Å². The van der Waals surface area contributed by atoms with Crippen LogP contribution in [0.1, 0.15) is 22.4 Å². The van der Waals surface area contributed by atoms with Gasteiger partial charge in [0.2, 0.25) is 0 Å². The molecule has 1 aromatic heterocycles. The first-order valence-electron chi connectivity index (χ1n) is 6.19. The molecule has 0 aliphatic rings. The molecule has 2 N–H and O–H groups in total. The molecule has 0 radical (unpaired) electrons. The smallest absolute Gasteiger partial charge is 0.128 e. The summed E-state index contributed by atoms with van der Waals surface area (Å²) < 4.78 is 13.2. The molecule has 0 atom stereocenters. The van der Waals surface area contributed by atoms with Crippen LogP contribution in [0.25, 0.3) is 0 Å². The van der Waals surface area contributed by atoms with E-state index in [9.17, 15) is 4.39 Å². The second-order valence-electron chi connectivity index (χ2n) is 4.51. The van der Waals surface area contributed by atoms with Gasteiger partial charge >= 0.3 is 0 Å². The van der Waals surface area contributed by atoms with E-state index in [2.05, 4.69) is 10.3 Å². The molecule has 0 spiro atoms. The Bertz CT molecular complexity index is 540. The van der Waals surface area contributed by atoms with Crippen molar-refractivity contribution in [3.8, 4) is 0 Å². The third kappa shape index (κ3) is 3.84. The number of hydrogen-bond acceptors (Lipinski definition) is 3. The summed E-state index contributed by atoms with van der Waals surface area (Å²) in [7, 11) is 0. The van der Waals surface area contributed by atoms with Gasteiger partial charge in [-0.2, -0.15) is 0 Å². The standard InChI is InChI=1S/C15H17FN2O/c1-11-2-4-14(18-7-11)9-17-8-12-3-5-15(16)13(6-12)10-19/h2-7,17,19H,8-10H2,1H3. The van der Waals surface area contributed by atoms with E-state index in [1.807, 2.05) is 25.3 Å². The fraction of sp³-hybridized carbons (Fsp3) is 0.267. The van der Waals surface area contributed by atoms with E-state index in [0.29, 0.717) is 18.7 Å². The third-order valence-corrected chi connectivity index (χ3v) is 2.89. The van der Waals surface area contributed by atoms with Gasteiger partial charge in [0, 0.05) is 24.8 Å². The van der Waals surface area contributed by atoms with Gasteiger partial charge in [-0.3, -0.25) is 4.98 Å². The van der Waals surface area contributed by atoms with E-state index >= 15 is 0 Å². The zero-order valence-electron chi connectivity index (χ0n) is 10.9. The Morgan fingerprint density at radius 3 is 2.74 bits per heavy atom. The van der Waals surface area contributed by atoms with Gasteiger partial charge < -0.3 is 10.4 Å². The van der Waals surface area contributed by atoms with Gasteiger partial charge in [0.25, 0.3) is 0 Å². The second kappa shape index (κ2) is 6.41. The van der Waals surface area contributed by atoms with Crippen LogP contribution in [-0.4, -0.2) is 10.1 Å². The number of benzene rings is 1. The molecule has 0 bridgehead atoms. The summed E-state index contributed by atoms with van der Waals surface area (Å²) in [5, 5.41) is 12.2. The first-order valence-corrected chi connectivity index (χ1v) is 6.19. The Morgan fingerprint density at radius 2 is 2.05 bits per heavy atom. The maximum Gasteiger partial charge on any atom is 0.128 e. The number of aromatic nitrogens is 1. The van der Waals surface area contributed by atoms with Crippen molar-refractivity contribution in [1.82, 2.24) is 10.3 Å². The molecule has 19 heavy (non-hydrogen) atoms. The fourth-order valence-corrected chi connectivity index (χ4v) is 1.80. The first kappa shape index (κ1) is 13.6.